The Morgan fingerprint density at radius 2 is 1.90 bits per heavy atom. The molecule has 1 saturated heterocycles. The Morgan fingerprint density at radius 3 is 2.55 bits per heavy atom. The van der Waals surface area contributed by atoms with Gasteiger partial charge in [-0.25, -0.2) is 0 Å². The van der Waals surface area contributed by atoms with Crippen LogP contribution in [0.15, 0.2) is 0 Å². The molecule has 4 heteroatoms. The van der Waals surface area contributed by atoms with Crippen LogP contribution in [-0.4, -0.2) is 17.5 Å². The summed E-state index contributed by atoms with van der Waals surface area (Å²) in [6, 6.07) is 0. The molecule has 0 radical (unpaired) electrons. The van der Waals surface area contributed by atoms with Crippen LogP contribution in [0, 0.1) is 11.3 Å². The molecule has 2 N–H and O–H groups in total. The van der Waals surface area contributed by atoms with Crippen LogP contribution in [0.25, 0.3) is 0 Å². The van der Waals surface area contributed by atoms with E-state index in [1.807, 2.05) is 0 Å². The second kappa shape index (κ2) is 5.21. The van der Waals surface area contributed by atoms with Gasteiger partial charge in [-0.3, -0.25) is 0 Å². The van der Waals surface area contributed by atoms with Crippen LogP contribution in [0.3, 0.4) is 0 Å². The maximum Gasteiger partial charge on any atom is 0.142 e. The van der Waals surface area contributed by atoms with Crippen molar-refractivity contribution in [3.63, 3.8) is 0 Å². The molecular weight excluding hydrogens is 266 g/mol. The van der Waals surface area contributed by atoms with E-state index in [0.717, 1.165) is 11.7 Å². The summed E-state index contributed by atoms with van der Waals surface area (Å²) in [7, 11) is 0. The molecule has 0 amide bonds. The Bertz CT molecular complexity index is 471. The monoisotopic (exact) mass is 293 g/mol. The van der Waals surface area contributed by atoms with Crippen molar-refractivity contribution in [2.24, 2.45) is 11.3 Å². The maximum absolute atomic E-state index is 6.10. The minimum atomic E-state index is 0.433. The first kappa shape index (κ1) is 14.2. The highest BCUT2D eigenvalue weighted by Crippen LogP contribution is 2.49. The van der Waals surface area contributed by atoms with E-state index in [4.69, 9.17) is 5.73 Å². The number of anilines is 2. The highest BCUT2D eigenvalue weighted by Gasteiger charge is 2.34. The molecule has 3 rings (SSSR count). The van der Waals surface area contributed by atoms with Gasteiger partial charge < -0.3 is 10.6 Å². The van der Waals surface area contributed by atoms with Crippen LogP contribution in [0.2, 0.25) is 0 Å². The normalized spacial score (nSPS) is 24.8. The van der Waals surface area contributed by atoms with Gasteiger partial charge in [0.05, 0.1) is 0 Å². The zero-order valence-corrected chi connectivity index (χ0v) is 13.8. The summed E-state index contributed by atoms with van der Waals surface area (Å²) < 4.78 is 4.43. The average Bonchev–Trinajstić information content (AvgIpc) is 3.16. The van der Waals surface area contributed by atoms with Crippen molar-refractivity contribution in [3.05, 3.63) is 5.56 Å². The Balaban J connectivity index is 1.75. The highest BCUT2D eigenvalue weighted by molar-refractivity contribution is 7.10. The maximum atomic E-state index is 6.10. The quantitative estimate of drug-likeness (QED) is 0.886. The summed E-state index contributed by atoms with van der Waals surface area (Å²) in [4.78, 5) is 2.56. The molecule has 1 saturated carbocycles. The lowest BCUT2D eigenvalue weighted by atomic mass is 9.77. The number of nitrogen functional groups attached to an aromatic ring is 1. The lowest BCUT2D eigenvalue weighted by molar-refractivity contribution is 0.220. The smallest absolute Gasteiger partial charge is 0.142 e. The Morgan fingerprint density at radius 1 is 1.15 bits per heavy atom. The molecule has 1 atom stereocenters. The third-order valence-electron chi connectivity index (χ3n) is 4.96. The molecule has 1 unspecified atom stereocenters. The van der Waals surface area contributed by atoms with Gasteiger partial charge in [-0.1, -0.05) is 20.8 Å². The molecule has 1 aromatic rings. The Labute approximate surface area is 126 Å². The lowest BCUT2D eigenvalue weighted by Crippen LogP contribution is -2.26. The number of hydrogen-bond donors (Lipinski definition) is 1. The number of rotatable bonds is 2. The molecular formula is C16H27N3S. The summed E-state index contributed by atoms with van der Waals surface area (Å²) in [6.45, 7) is 9.49. The standard InChI is InChI=1S/C16H27N3S/c1-16(2,3)12-5-4-9-19(10-8-12)15-13(11-6-7-11)14(17)18-20-15/h11-12H,4-10H2,1-3H3,(H2,17,18). The molecule has 2 heterocycles. The van der Waals surface area contributed by atoms with Crippen molar-refractivity contribution in [1.82, 2.24) is 4.37 Å². The van der Waals surface area contributed by atoms with E-state index >= 15 is 0 Å². The minimum absolute atomic E-state index is 0.433. The van der Waals surface area contributed by atoms with Crippen molar-refractivity contribution < 1.29 is 0 Å². The highest BCUT2D eigenvalue weighted by atomic mass is 32.1. The van der Waals surface area contributed by atoms with Gasteiger partial charge in [-0.05, 0) is 60.9 Å². The van der Waals surface area contributed by atoms with Gasteiger partial charge in [0.15, 0.2) is 0 Å². The molecule has 0 aromatic carbocycles. The van der Waals surface area contributed by atoms with Gasteiger partial charge in [0, 0.05) is 18.7 Å². The van der Waals surface area contributed by atoms with Crippen LogP contribution in [0.5, 0.6) is 0 Å². The molecule has 1 aliphatic heterocycles. The van der Waals surface area contributed by atoms with Crippen molar-refractivity contribution in [2.75, 3.05) is 23.7 Å². The second-order valence-corrected chi connectivity index (χ2v) is 8.29. The third kappa shape index (κ3) is 2.80. The zero-order valence-electron chi connectivity index (χ0n) is 13.0. The second-order valence-electron chi connectivity index (χ2n) is 7.54. The van der Waals surface area contributed by atoms with Gasteiger partial charge in [0.2, 0.25) is 0 Å². The van der Waals surface area contributed by atoms with E-state index in [9.17, 15) is 0 Å². The van der Waals surface area contributed by atoms with Gasteiger partial charge >= 0.3 is 0 Å². The largest absolute Gasteiger partial charge is 0.383 e. The van der Waals surface area contributed by atoms with E-state index in [0.29, 0.717) is 11.3 Å². The lowest BCUT2D eigenvalue weighted by Gasteiger charge is -2.30. The number of nitrogens with zero attached hydrogens (tertiary/aromatic N) is 2. The molecule has 20 heavy (non-hydrogen) atoms. The van der Waals surface area contributed by atoms with Crippen LogP contribution < -0.4 is 10.6 Å². The fraction of sp³-hybridized carbons (Fsp3) is 0.812. The average molecular weight is 293 g/mol. The van der Waals surface area contributed by atoms with Crippen LogP contribution in [-0.2, 0) is 0 Å². The fourth-order valence-corrected chi connectivity index (χ4v) is 4.40. The van der Waals surface area contributed by atoms with Gasteiger partial charge in [0.1, 0.15) is 10.8 Å². The van der Waals surface area contributed by atoms with Crippen molar-refractivity contribution in [3.8, 4) is 0 Å². The van der Waals surface area contributed by atoms with Gasteiger partial charge in [-0.2, -0.15) is 4.37 Å². The Hall–Kier alpha value is -0.770. The zero-order chi connectivity index (χ0) is 14.3. The summed E-state index contributed by atoms with van der Waals surface area (Å²) in [6.07, 6.45) is 6.55. The molecule has 2 fully saturated rings. The molecule has 112 valence electrons. The Kier molecular flexibility index (Phi) is 3.69. The number of hydrogen-bond acceptors (Lipinski definition) is 4. The molecule has 1 aliphatic carbocycles. The van der Waals surface area contributed by atoms with Crippen LogP contribution in [0.4, 0.5) is 10.8 Å². The first-order valence-corrected chi connectivity index (χ1v) is 8.74. The minimum Gasteiger partial charge on any atom is -0.383 e. The molecule has 3 nitrogen and oxygen atoms in total. The topological polar surface area (TPSA) is 42.2 Å². The fourth-order valence-electron chi connectivity index (χ4n) is 3.45. The summed E-state index contributed by atoms with van der Waals surface area (Å²) >= 11 is 1.62. The molecule has 1 aromatic heterocycles. The van der Waals surface area contributed by atoms with Crippen LogP contribution >= 0.6 is 11.5 Å². The van der Waals surface area contributed by atoms with E-state index < -0.39 is 0 Å². The molecule has 0 spiro atoms. The van der Waals surface area contributed by atoms with Crippen molar-refractivity contribution in [1.29, 1.82) is 0 Å². The van der Waals surface area contributed by atoms with Crippen LogP contribution in [0.1, 0.15) is 64.4 Å². The van der Waals surface area contributed by atoms with E-state index in [-0.39, 0.29) is 0 Å². The molecule has 0 bridgehead atoms. The summed E-state index contributed by atoms with van der Waals surface area (Å²) in [5.41, 5.74) is 7.89. The van der Waals surface area contributed by atoms with Gasteiger partial charge in [-0.15, -0.1) is 0 Å². The first-order chi connectivity index (χ1) is 9.47. The summed E-state index contributed by atoms with van der Waals surface area (Å²) in [5, 5.41) is 1.37. The van der Waals surface area contributed by atoms with Crippen molar-refractivity contribution in [2.45, 2.75) is 58.8 Å². The number of nitrogens with two attached hydrogens (primary N) is 1. The predicted octanol–water partition coefficient (Wildman–Crippen LogP) is 4.26. The number of aromatic nitrogens is 1. The van der Waals surface area contributed by atoms with E-state index in [1.54, 1.807) is 11.5 Å². The summed E-state index contributed by atoms with van der Waals surface area (Å²) in [5.74, 6) is 2.33. The van der Waals surface area contributed by atoms with Gasteiger partial charge in [0.25, 0.3) is 0 Å². The van der Waals surface area contributed by atoms with E-state index in [2.05, 4.69) is 30.0 Å². The van der Waals surface area contributed by atoms with E-state index in [1.165, 1.54) is 55.8 Å². The van der Waals surface area contributed by atoms with Crippen molar-refractivity contribution >= 4 is 22.4 Å². The SMILES string of the molecule is CC(C)(C)C1CCCN(c2snc(N)c2C2CC2)CC1. The first-order valence-electron chi connectivity index (χ1n) is 7.97. The third-order valence-corrected chi connectivity index (χ3v) is 5.90. The molecule has 2 aliphatic rings. The predicted molar refractivity (Wildman–Crippen MR) is 87.5 cm³/mol.